The summed E-state index contributed by atoms with van der Waals surface area (Å²) in [4.78, 5) is 1.70. The number of nitrogens with zero attached hydrogens (tertiary/aromatic N) is 1. The number of anilines is 1. The molecule has 1 unspecified atom stereocenters. The lowest BCUT2D eigenvalue weighted by Gasteiger charge is -2.42. The van der Waals surface area contributed by atoms with Crippen LogP contribution in [-0.4, -0.2) is 25.4 Å². The second kappa shape index (κ2) is 4.71. The first-order chi connectivity index (χ1) is 8.41. The van der Waals surface area contributed by atoms with Gasteiger partial charge in [0.15, 0.2) is 5.60 Å². The lowest BCUT2D eigenvalue weighted by atomic mass is 9.71. The number of halogens is 3. The summed E-state index contributed by atoms with van der Waals surface area (Å²) in [5.41, 5.74) is -3.77. The van der Waals surface area contributed by atoms with Crippen LogP contribution in [0.1, 0.15) is 26.3 Å². The first-order valence-corrected chi connectivity index (χ1v) is 5.98. The van der Waals surface area contributed by atoms with Gasteiger partial charge in [0.1, 0.15) is 0 Å². The van der Waals surface area contributed by atoms with E-state index in [1.165, 1.54) is 39.0 Å². The van der Waals surface area contributed by atoms with Crippen LogP contribution >= 0.6 is 0 Å². The first-order valence-electron chi connectivity index (χ1n) is 5.98. The number of alkyl halides is 3. The highest BCUT2D eigenvalue weighted by atomic mass is 19.4. The molecule has 5 heteroatoms. The van der Waals surface area contributed by atoms with Crippen LogP contribution < -0.4 is 4.90 Å². The van der Waals surface area contributed by atoms with E-state index in [0.717, 1.165) is 0 Å². The number of aliphatic hydroxyl groups is 1. The molecule has 0 radical (unpaired) electrons. The highest BCUT2D eigenvalue weighted by Crippen LogP contribution is 2.50. The van der Waals surface area contributed by atoms with E-state index in [1.807, 2.05) is 0 Å². The highest BCUT2D eigenvalue weighted by Gasteiger charge is 2.61. The van der Waals surface area contributed by atoms with E-state index in [2.05, 4.69) is 0 Å². The van der Waals surface area contributed by atoms with E-state index in [0.29, 0.717) is 5.69 Å². The molecule has 0 amide bonds. The van der Waals surface area contributed by atoms with Crippen molar-refractivity contribution < 1.29 is 18.3 Å². The van der Waals surface area contributed by atoms with Gasteiger partial charge in [0.25, 0.3) is 0 Å². The Hall–Kier alpha value is -1.23. The van der Waals surface area contributed by atoms with E-state index < -0.39 is 17.2 Å². The number of hydrogen-bond donors (Lipinski definition) is 1. The quantitative estimate of drug-likeness (QED) is 0.892. The monoisotopic (exact) mass is 275 g/mol. The van der Waals surface area contributed by atoms with Crippen molar-refractivity contribution in [3.63, 3.8) is 0 Å². The molecular formula is C14H20F3NO. The van der Waals surface area contributed by atoms with E-state index in [1.54, 1.807) is 25.1 Å². The Morgan fingerprint density at radius 1 is 1.05 bits per heavy atom. The van der Waals surface area contributed by atoms with E-state index in [-0.39, 0.29) is 5.56 Å². The standard InChI is InChI=1S/C14H20F3NO/c1-12(2,3)13(19,14(15,16)17)10-7-6-8-11(9-10)18(4)5/h6-9,19H,1-5H3. The predicted octanol–water partition coefficient (Wildman–Crippen LogP) is 3.55. The molecule has 2 nitrogen and oxygen atoms in total. The minimum Gasteiger partial charge on any atom is -0.378 e. The third kappa shape index (κ3) is 2.71. The van der Waals surface area contributed by atoms with Crippen LogP contribution in [0.25, 0.3) is 0 Å². The molecule has 1 N–H and O–H groups in total. The molecule has 108 valence electrons. The van der Waals surface area contributed by atoms with Gasteiger partial charge in [-0.05, 0) is 17.7 Å². The average molecular weight is 275 g/mol. The van der Waals surface area contributed by atoms with Gasteiger partial charge in [0, 0.05) is 25.2 Å². The smallest absolute Gasteiger partial charge is 0.378 e. The van der Waals surface area contributed by atoms with E-state index in [9.17, 15) is 18.3 Å². The molecule has 0 heterocycles. The Bertz CT molecular complexity index is 433. The normalized spacial score (nSPS) is 16.1. The maximum atomic E-state index is 13.4. The Kier molecular flexibility index (Phi) is 3.92. The summed E-state index contributed by atoms with van der Waals surface area (Å²) in [6.07, 6.45) is -4.74. The molecule has 0 aliphatic heterocycles. The molecule has 0 saturated heterocycles. The minimum absolute atomic E-state index is 0.140. The van der Waals surface area contributed by atoms with E-state index in [4.69, 9.17) is 0 Å². The van der Waals surface area contributed by atoms with Gasteiger partial charge < -0.3 is 10.0 Å². The fourth-order valence-electron chi connectivity index (χ4n) is 2.03. The van der Waals surface area contributed by atoms with Gasteiger partial charge in [-0.2, -0.15) is 13.2 Å². The molecule has 19 heavy (non-hydrogen) atoms. The first kappa shape index (κ1) is 15.8. The SMILES string of the molecule is CN(C)c1cccc(C(O)(C(C)(C)C)C(F)(F)F)c1. The summed E-state index contributed by atoms with van der Waals surface area (Å²) in [5, 5.41) is 10.3. The summed E-state index contributed by atoms with van der Waals surface area (Å²) >= 11 is 0. The minimum atomic E-state index is -4.74. The fourth-order valence-corrected chi connectivity index (χ4v) is 2.03. The summed E-state index contributed by atoms with van der Waals surface area (Å²) in [7, 11) is 3.48. The molecule has 0 aromatic heterocycles. The van der Waals surface area contributed by atoms with E-state index >= 15 is 0 Å². The van der Waals surface area contributed by atoms with Crippen molar-refractivity contribution in [2.45, 2.75) is 32.5 Å². The Labute approximate surface area is 111 Å². The van der Waals surface area contributed by atoms with Crippen molar-refractivity contribution in [3.05, 3.63) is 29.8 Å². The molecule has 0 aliphatic rings. The summed E-state index contributed by atoms with van der Waals surface area (Å²) in [6, 6.07) is 5.90. The average Bonchev–Trinajstić information content (AvgIpc) is 2.25. The van der Waals surface area contributed by atoms with Gasteiger partial charge in [-0.25, -0.2) is 0 Å². The summed E-state index contributed by atoms with van der Waals surface area (Å²) in [5.74, 6) is 0. The van der Waals surface area contributed by atoms with Crippen LogP contribution in [0.5, 0.6) is 0 Å². The molecule has 1 rings (SSSR count). The molecular weight excluding hydrogens is 255 g/mol. The molecule has 0 saturated carbocycles. The van der Waals surface area contributed by atoms with Crippen LogP contribution in [0.3, 0.4) is 0 Å². The fraction of sp³-hybridized carbons (Fsp3) is 0.571. The molecule has 1 aromatic carbocycles. The third-order valence-electron chi connectivity index (χ3n) is 3.28. The number of benzene rings is 1. The molecule has 0 spiro atoms. The highest BCUT2D eigenvalue weighted by molar-refractivity contribution is 5.49. The van der Waals surface area contributed by atoms with Crippen LogP contribution in [0.15, 0.2) is 24.3 Å². The Morgan fingerprint density at radius 2 is 1.58 bits per heavy atom. The zero-order valence-corrected chi connectivity index (χ0v) is 11.8. The lowest BCUT2D eigenvalue weighted by molar-refractivity contribution is -0.302. The van der Waals surface area contributed by atoms with Crippen LogP contribution in [0.2, 0.25) is 0 Å². The second-order valence-corrected chi connectivity index (χ2v) is 5.90. The predicted molar refractivity (Wildman–Crippen MR) is 70.2 cm³/mol. The summed E-state index contributed by atoms with van der Waals surface area (Å²) < 4.78 is 40.1. The van der Waals surface area contributed by atoms with Crippen molar-refractivity contribution >= 4 is 5.69 Å². The second-order valence-electron chi connectivity index (χ2n) is 5.90. The molecule has 1 atom stereocenters. The van der Waals surface area contributed by atoms with Crippen molar-refractivity contribution in [2.24, 2.45) is 5.41 Å². The van der Waals surface area contributed by atoms with Gasteiger partial charge >= 0.3 is 6.18 Å². The van der Waals surface area contributed by atoms with Crippen molar-refractivity contribution in [1.29, 1.82) is 0 Å². The van der Waals surface area contributed by atoms with Crippen LogP contribution in [-0.2, 0) is 5.60 Å². The summed E-state index contributed by atoms with van der Waals surface area (Å²) in [6.45, 7) is 4.13. The largest absolute Gasteiger partial charge is 0.421 e. The number of rotatable bonds is 2. The van der Waals surface area contributed by atoms with Crippen molar-refractivity contribution in [2.75, 3.05) is 19.0 Å². The van der Waals surface area contributed by atoms with Gasteiger partial charge in [-0.15, -0.1) is 0 Å². The van der Waals surface area contributed by atoms with Gasteiger partial charge in [-0.3, -0.25) is 0 Å². The molecule has 0 aliphatic carbocycles. The van der Waals surface area contributed by atoms with Gasteiger partial charge in [0.05, 0.1) is 0 Å². The zero-order valence-electron chi connectivity index (χ0n) is 11.8. The topological polar surface area (TPSA) is 23.5 Å². The zero-order chi connectivity index (χ0) is 15.1. The maximum absolute atomic E-state index is 13.4. The third-order valence-corrected chi connectivity index (χ3v) is 3.28. The van der Waals surface area contributed by atoms with Gasteiger partial charge in [-0.1, -0.05) is 32.9 Å². The Balaban J connectivity index is 3.48. The van der Waals surface area contributed by atoms with Gasteiger partial charge in [0.2, 0.25) is 0 Å². The molecule has 0 fully saturated rings. The number of hydrogen-bond acceptors (Lipinski definition) is 2. The van der Waals surface area contributed by atoms with Crippen LogP contribution in [0.4, 0.5) is 18.9 Å². The maximum Gasteiger partial charge on any atom is 0.421 e. The van der Waals surface area contributed by atoms with Crippen molar-refractivity contribution in [1.82, 2.24) is 0 Å². The molecule has 0 bridgehead atoms. The Morgan fingerprint density at radius 3 is 1.95 bits per heavy atom. The van der Waals surface area contributed by atoms with Crippen LogP contribution in [0, 0.1) is 5.41 Å². The lowest BCUT2D eigenvalue weighted by Crippen LogP contribution is -2.52. The van der Waals surface area contributed by atoms with Crippen molar-refractivity contribution in [3.8, 4) is 0 Å². The molecule has 1 aromatic rings.